The third kappa shape index (κ3) is 1.56. The molecule has 0 bridgehead atoms. The average Bonchev–Trinajstić information content (AvgIpc) is 2.96. The minimum absolute atomic E-state index is 0.359. The summed E-state index contributed by atoms with van der Waals surface area (Å²) in [5.41, 5.74) is 0. The lowest BCUT2D eigenvalue weighted by atomic mass is 10.2. The van der Waals surface area contributed by atoms with Gasteiger partial charge in [-0.15, -0.1) is 0 Å². The zero-order valence-corrected chi connectivity index (χ0v) is 8.47. The van der Waals surface area contributed by atoms with Crippen molar-refractivity contribution in [1.29, 1.82) is 0 Å². The first-order valence-corrected chi connectivity index (χ1v) is 4.98. The van der Waals surface area contributed by atoms with Gasteiger partial charge in [0.05, 0.1) is 11.6 Å². The second-order valence-corrected chi connectivity index (χ2v) is 3.41. The number of fused-ring (bicyclic) bond motifs is 1. The lowest BCUT2D eigenvalue weighted by molar-refractivity contribution is 0.214. The molecule has 0 saturated heterocycles. The van der Waals surface area contributed by atoms with Gasteiger partial charge in [-0.05, 0) is 18.2 Å². The molecule has 2 aromatic heterocycles. The van der Waals surface area contributed by atoms with Crippen LogP contribution >= 0.6 is 0 Å². The number of rotatable bonds is 3. The number of hydrogen-bond donors (Lipinski definition) is 0. The Labute approximate surface area is 92.2 Å². The maximum Gasteiger partial charge on any atom is 0.293 e. The Morgan fingerprint density at radius 1 is 1.12 bits per heavy atom. The summed E-state index contributed by atoms with van der Waals surface area (Å²) >= 11 is 0. The molecule has 0 saturated carbocycles. The van der Waals surface area contributed by atoms with E-state index in [9.17, 15) is 0 Å². The van der Waals surface area contributed by atoms with Crippen LogP contribution in [0.1, 0.15) is 5.76 Å². The van der Waals surface area contributed by atoms with Gasteiger partial charge < -0.3 is 13.6 Å². The SMILES string of the molecule is [c]1oc(OCc2ccco2)c2ccccc12. The zero-order valence-electron chi connectivity index (χ0n) is 8.47. The van der Waals surface area contributed by atoms with Gasteiger partial charge in [-0.2, -0.15) is 0 Å². The first-order chi connectivity index (χ1) is 7.93. The fraction of sp³-hybridized carbons (Fsp3) is 0.0769. The molecule has 3 nitrogen and oxygen atoms in total. The standard InChI is InChI=1S/C13H9O3/c1-2-6-12-10(4-1)8-15-13(12)16-9-11-5-3-7-14-11/h1-7H,9H2. The van der Waals surface area contributed by atoms with E-state index in [1.165, 1.54) is 0 Å². The molecule has 2 heterocycles. The Bertz CT molecular complexity index is 578. The van der Waals surface area contributed by atoms with Gasteiger partial charge in [0.1, 0.15) is 12.4 Å². The molecular formula is C13H9O3. The topological polar surface area (TPSA) is 35.5 Å². The van der Waals surface area contributed by atoms with E-state index in [0.29, 0.717) is 12.6 Å². The Morgan fingerprint density at radius 3 is 2.94 bits per heavy atom. The third-order valence-electron chi connectivity index (χ3n) is 2.33. The molecule has 0 amide bonds. The van der Waals surface area contributed by atoms with Gasteiger partial charge in [-0.3, -0.25) is 0 Å². The summed E-state index contributed by atoms with van der Waals surface area (Å²) in [6, 6.07) is 11.4. The third-order valence-corrected chi connectivity index (χ3v) is 2.33. The maximum atomic E-state index is 5.51. The van der Waals surface area contributed by atoms with Crippen LogP contribution in [0.4, 0.5) is 0 Å². The summed E-state index contributed by atoms with van der Waals surface area (Å²) in [4.78, 5) is 0. The number of furan rings is 2. The van der Waals surface area contributed by atoms with E-state index in [1.54, 1.807) is 6.26 Å². The van der Waals surface area contributed by atoms with E-state index in [0.717, 1.165) is 16.5 Å². The molecule has 0 aliphatic heterocycles. The van der Waals surface area contributed by atoms with E-state index in [-0.39, 0.29) is 0 Å². The molecule has 79 valence electrons. The van der Waals surface area contributed by atoms with Crippen LogP contribution in [0.15, 0.2) is 51.5 Å². The van der Waals surface area contributed by atoms with E-state index < -0.39 is 0 Å². The highest BCUT2D eigenvalue weighted by Gasteiger charge is 2.07. The average molecular weight is 213 g/mol. The van der Waals surface area contributed by atoms with Crippen molar-refractivity contribution in [1.82, 2.24) is 0 Å². The van der Waals surface area contributed by atoms with Gasteiger partial charge in [-0.1, -0.05) is 18.2 Å². The smallest absolute Gasteiger partial charge is 0.293 e. The fourth-order valence-electron chi connectivity index (χ4n) is 1.55. The molecule has 0 spiro atoms. The second-order valence-electron chi connectivity index (χ2n) is 3.41. The lowest BCUT2D eigenvalue weighted by Gasteiger charge is -1.99. The predicted octanol–water partition coefficient (Wildman–Crippen LogP) is 3.40. The van der Waals surface area contributed by atoms with Crippen molar-refractivity contribution >= 4 is 10.8 Å². The monoisotopic (exact) mass is 213 g/mol. The minimum atomic E-state index is 0.359. The molecule has 0 N–H and O–H groups in total. The van der Waals surface area contributed by atoms with Crippen molar-refractivity contribution < 1.29 is 13.6 Å². The zero-order chi connectivity index (χ0) is 10.8. The molecule has 0 aliphatic rings. The summed E-state index contributed by atoms with van der Waals surface area (Å²) in [7, 11) is 0. The van der Waals surface area contributed by atoms with Gasteiger partial charge in [-0.25, -0.2) is 0 Å². The van der Waals surface area contributed by atoms with Crippen LogP contribution in [-0.2, 0) is 6.61 Å². The van der Waals surface area contributed by atoms with Gasteiger partial charge in [0.25, 0.3) is 5.95 Å². The molecule has 1 aromatic carbocycles. The molecule has 3 rings (SSSR count). The normalized spacial score (nSPS) is 10.8. The molecule has 0 fully saturated rings. The van der Waals surface area contributed by atoms with Crippen molar-refractivity contribution in [2.75, 3.05) is 0 Å². The van der Waals surface area contributed by atoms with E-state index in [4.69, 9.17) is 13.6 Å². The van der Waals surface area contributed by atoms with Crippen LogP contribution in [0.25, 0.3) is 10.8 Å². The molecule has 1 radical (unpaired) electrons. The van der Waals surface area contributed by atoms with Crippen molar-refractivity contribution in [2.24, 2.45) is 0 Å². The second kappa shape index (κ2) is 3.77. The summed E-state index contributed by atoms with van der Waals surface area (Å²) in [5.74, 6) is 1.24. The molecule has 0 unspecified atom stereocenters. The Kier molecular flexibility index (Phi) is 2.14. The van der Waals surface area contributed by atoms with Crippen molar-refractivity contribution in [3.63, 3.8) is 0 Å². The van der Waals surface area contributed by atoms with E-state index in [1.807, 2.05) is 36.4 Å². The van der Waals surface area contributed by atoms with Crippen LogP contribution in [-0.4, -0.2) is 0 Å². The Morgan fingerprint density at radius 2 is 2.06 bits per heavy atom. The van der Waals surface area contributed by atoms with Crippen LogP contribution in [0.2, 0.25) is 0 Å². The van der Waals surface area contributed by atoms with Gasteiger partial charge >= 0.3 is 0 Å². The summed E-state index contributed by atoms with van der Waals surface area (Å²) < 4.78 is 15.9. The highest BCUT2D eigenvalue weighted by Crippen LogP contribution is 2.27. The van der Waals surface area contributed by atoms with Gasteiger partial charge in [0.2, 0.25) is 0 Å². The molecule has 0 atom stereocenters. The Hall–Kier alpha value is -2.16. The largest absolute Gasteiger partial charge is 0.466 e. The fourth-order valence-corrected chi connectivity index (χ4v) is 1.55. The van der Waals surface area contributed by atoms with Crippen LogP contribution < -0.4 is 4.74 Å². The molecule has 3 aromatic rings. The van der Waals surface area contributed by atoms with Crippen molar-refractivity contribution in [3.8, 4) is 5.95 Å². The minimum Gasteiger partial charge on any atom is -0.466 e. The summed E-state index contributed by atoms with van der Waals surface area (Å²) in [6.45, 7) is 0.359. The van der Waals surface area contributed by atoms with Gasteiger partial charge in [0, 0.05) is 5.39 Å². The molecule has 3 heteroatoms. The number of ether oxygens (including phenoxy) is 1. The van der Waals surface area contributed by atoms with Crippen LogP contribution in [0.5, 0.6) is 5.95 Å². The van der Waals surface area contributed by atoms with Crippen LogP contribution in [0, 0.1) is 6.26 Å². The highest BCUT2D eigenvalue weighted by molar-refractivity contribution is 5.85. The number of hydrogen-bond acceptors (Lipinski definition) is 3. The van der Waals surface area contributed by atoms with E-state index in [2.05, 4.69) is 6.26 Å². The first-order valence-electron chi connectivity index (χ1n) is 4.98. The maximum absolute atomic E-state index is 5.51. The van der Waals surface area contributed by atoms with E-state index >= 15 is 0 Å². The van der Waals surface area contributed by atoms with Crippen LogP contribution in [0.3, 0.4) is 0 Å². The lowest BCUT2D eigenvalue weighted by Crippen LogP contribution is -1.92. The molecule has 16 heavy (non-hydrogen) atoms. The van der Waals surface area contributed by atoms with Crippen molar-refractivity contribution in [2.45, 2.75) is 6.61 Å². The van der Waals surface area contributed by atoms with Crippen molar-refractivity contribution in [3.05, 3.63) is 54.7 Å². The highest BCUT2D eigenvalue weighted by atomic mass is 16.6. The summed E-state index contributed by atoms with van der Waals surface area (Å²) in [6.07, 6.45) is 4.40. The number of benzene rings is 1. The first kappa shape index (κ1) is 9.09. The van der Waals surface area contributed by atoms with Gasteiger partial charge in [0.15, 0.2) is 6.26 Å². The molecule has 0 aliphatic carbocycles. The summed E-state index contributed by atoms with van der Waals surface area (Å²) in [5, 5.41) is 1.84. The molecular weight excluding hydrogens is 204 g/mol. The quantitative estimate of drug-likeness (QED) is 0.668. The Balaban J connectivity index is 1.84. The predicted molar refractivity (Wildman–Crippen MR) is 58.1 cm³/mol.